The summed E-state index contributed by atoms with van der Waals surface area (Å²) in [6.07, 6.45) is 6.70. The van der Waals surface area contributed by atoms with Gasteiger partial charge in [-0.25, -0.2) is 9.50 Å². The molecule has 3 aromatic heterocycles. The summed E-state index contributed by atoms with van der Waals surface area (Å²) in [4.78, 5) is 22.0. The van der Waals surface area contributed by atoms with Crippen molar-refractivity contribution in [2.45, 2.75) is 31.8 Å². The Morgan fingerprint density at radius 3 is 2.64 bits per heavy atom. The Morgan fingerprint density at radius 1 is 1.14 bits per heavy atom. The molecule has 0 spiro atoms. The van der Waals surface area contributed by atoms with E-state index in [1.165, 1.54) is 0 Å². The van der Waals surface area contributed by atoms with Crippen LogP contribution < -0.4 is 9.64 Å². The molecule has 0 N–H and O–H groups in total. The lowest BCUT2D eigenvalue weighted by atomic mass is 9.86. The van der Waals surface area contributed by atoms with Gasteiger partial charge in [0.15, 0.2) is 0 Å². The molecule has 0 radical (unpaired) electrons. The lowest BCUT2D eigenvalue weighted by Crippen LogP contribution is -2.70. The Balaban J connectivity index is 1.20. The second kappa shape index (κ2) is 9.00. The van der Waals surface area contributed by atoms with Crippen molar-refractivity contribution in [3.8, 4) is 22.9 Å². The fourth-order valence-electron chi connectivity index (χ4n) is 5.44. The Bertz CT molecular complexity index is 1450. The molecule has 1 aromatic carbocycles. The number of carbonyl (C=O) groups excluding carboxylic acids is 1. The smallest absolute Gasteiger partial charge is 0.227 e. The molecule has 3 saturated heterocycles. The van der Waals surface area contributed by atoms with Crippen molar-refractivity contribution in [2.24, 2.45) is 0 Å². The zero-order valence-electron chi connectivity index (χ0n) is 20.0. The van der Waals surface area contributed by atoms with Crippen LogP contribution in [0.4, 0.5) is 5.82 Å². The maximum absolute atomic E-state index is 12.9. The fourth-order valence-corrected chi connectivity index (χ4v) is 5.44. The summed E-state index contributed by atoms with van der Waals surface area (Å²) < 4.78 is 7.40. The quantitative estimate of drug-likeness (QED) is 0.420. The molecule has 7 rings (SSSR count). The van der Waals surface area contributed by atoms with Crippen LogP contribution in [0, 0.1) is 11.3 Å². The molecule has 36 heavy (non-hydrogen) atoms. The molecule has 3 aliphatic rings. The van der Waals surface area contributed by atoms with Crippen LogP contribution in [0.1, 0.15) is 24.5 Å². The van der Waals surface area contributed by atoms with Crippen molar-refractivity contribution in [1.82, 2.24) is 19.5 Å². The van der Waals surface area contributed by atoms with Gasteiger partial charge in [-0.15, -0.1) is 0 Å². The SMILES string of the molecule is CCOc1cc(-c2ccc(N3CC4CC(C3)N4C(=O)Cc3ccccc3)nc2)c2c(C#N)cnn2c1. The average molecular weight is 479 g/mol. The molecule has 2 bridgehead atoms. The predicted octanol–water partition coefficient (Wildman–Crippen LogP) is 3.70. The first-order chi connectivity index (χ1) is 17.6. The predicted molar refractivity (Wildman–Crippen MR) is 136 cm³/mol. The number of hydrogen-bond donors (Lipinski definition) is 0. The van der Waals surface area contributed by atoms with Gasteiger partial charge in [-0.1, -0.05) is 30.3 Å². The summed E-state index contributed by atoms with van der Waals surface area (Å²) in [6, 6.07) is 18.6. The highest BCUT2D eigenvalue weighted by Crippen LogP contribution is 2.36. The summed E-state index contributed by atoms with van der Waals surface area (Å²) >= 11 is 0. The minimum absolute atomic E-state index is 0.206. The van der Waals surface area contributed by atoms with E-state index in [1.54, 1.807) is 16.9 Å². The molecule has 3 fully saturated rings. The Hall–Kier alpha value is -4.38. The molecule has 1 amide bonds. The van der Waals surface area contributed by atoms with Gasteiger partial charge in [-0.3, -0.25) is 4.79 Å². The van der Waals surface area contributed by atoms with E-state index in [1.807, 2.05) is 61.7 Å². The van der Waals surface area contributed by atoms with E-state index in [0.29, 0.717) is 24.3 Å². The van der Waals surface area contributed by atoms with Crippen molar-refractivity contribution in [2.75, 3.05) is 24.6 Å². The number of piperidine rings is 1. The van der Waals surface area contributed by atoms with Gasteiger partial charge >= 0.3 is 0 Å². The number of carbonyl (C=O) groups is 1. The minimum atomic E-state index is 0.206. The third kappa shape index (κ3) is 3.83. The van der Waals surface area contributed by atoms with E-state index in [2.05, 4.69) is 21.0 Å². The molecular weight excluding hydrogens is 452 g/mol. The number of fused-ring (bicyclic) bond motifs is 3. The molecule has 2 unspecified atom stereocenters. The second-order valence-electron chi connectivity index (χ2n) is 9.30. The van der Waals surface area contributed by atoms with Gasteiger partial charge in [0.1, 0.15) is 17.6 Å². The number of aromatic nitrogens is 3. The number of piperazine rings is 1. The highest BCUT2D eigenvalue weighted by atomic mass is 16.5. The number of benzene rings is 1. The summed E-state index contributed by atoms with van der Waals surface area (Å²) in [7, 11) is 0. The Labute approximate surface area is 209 Å². The highest BCUT2D eigenvalue weighted by Gasteiger charge is 2.47. The molecular formula is C28H26N6O2. The minimum Gasteiger partial charge on any atom is -0.492 e. The second-order valence-corrected chi connectivity index (χ2v) is 9.30. The van der Waals surface area contributed by atoms with E-state index in [9.17, 15) is 10.1 Å². The maximum Gasteiger partial charge on any atom is 0.227 e. The topological polar surface area (TPSA) is 86.8 Å². The van der Waals surface area contributed by atoms with E-state index in [4.69, 9.17) is 9.72 Å². The zero-order chi connectivity index (χ0) is 24.6. The number of anilines is 1. The molecule has 2 atom stereocenters. The van der Waals surface area contributed by atoms with Crippen molar-refractivity contribution in [1.29, 1.82) is 5.26 Å². The third-order valence-corrected chi connectivity index (χ3v) is 7.08. The highest BCUT2D eigenvalue weighted by molar-refractivity contribution is 5.85. The molecule has 180 valence electrons. The van der Waals surface area contributed by atoms with Crippen molar-refractivity contribution >= 4 is 17.2 Å². The summed E-state index contributed by atoms with van der Waals surface area (Å²) in [5.74, 6) is 1.79. The van der Waals surface area contributed by atoms with Gasteiger partial charge in [-0.2, -0.15) is 10.4 Å². The molecule has 6 heterocycles. The normalized spacial score (nSPS) is 18.6. The number of amides is 1. The summed E-state index contributed by atoms with van der Waals surface area (Å²) in [6.45, 7) is 4.05. The van der Waals surface area contributed by atoms with Gasteiger partial charge in [0.05, 0.1) is 48.6 Å². The van der Waals surface area contributed by atoms with E-state index in [-0.39, 0.29) is 18.0 Å². The maximum atomic E-state index is 12.9. The number of nitrogens with zero attached hydrogens (tertiary/aromatic N) is 6. The molecule has 8 heteroatoms. The standard InChI is InChI=1S/C28H26N6O2/c1-2-36-24-12-25(28-21(13-29)15-31-33(28)18-24)20-8-9-26(30-14-20)32-16-22-11-23(17-32)34(22)27(35)10-19-6-4-3-5-7-19/h3-9,12,14-15,18,22-23H,2,10-11,16-17H2,1H3. The van der Waals surface area contributed by atoms with Crippen molar-refractivity contribution < 1.29 is 9.53 Å². The average Bonchev–Trinajstić information content (AvgIpc) is 3.32. The molecule has 4 aromatic rings. The van der Waals surface area contributed by atoms with Crippen LogP contribution in [-0.4, -0.2) is 57.2 Å². The number of hydrogen-bond acceptors (Lipinski definition) is 6. The lowest BCUT2D eigenvalue weighted by Gasteiger charge is -2.56. The van der Waals surface area contributed by atoms with E-state index >= 15 is 0 Å². The Morgan fingerprint density at radius 2 is 1.94 bits per heavy atom. The van der Waals surface area contributed by atoms with Crippen LogP contribution in [0.5, 0.6) is 5.75 Å². The first-order valence-corrected chi connectivity index (χ1v) is 12.3. The molecule has 8 nitrogen and oxygen atoms in total. The molecule has 0 aliphatic carbocycles. The van der Waals surface area contributed by atoms with Gasteiger partial charge in [-0.05, 0) is 37.1 Å². The van der Waals surface area contributed by atoms with E-state index < -0.39 is 0 Å². The lowest BCUT2D eigenvalue weighted by molar-refractivity contribution is -0.145. The van der Waals surface area contributed by atoms with Crippen LogP contribution in [0.15, 0.2) is 67.1 Å². The fraction of sp³-hybridized carbons (Fsp3) is 0.286. The Kier molecular flexibility index (Phi) is 5.53. The van der Waals surface area contributed by atoms with Crippen LogP contribution in [0.3, 0.4) is 0 Å². The first kappa shape index (κ1) is 22.1. The molecule has 0 saturated carbocycles. The number of ether oxygens (including phenoxy) is 1. The van der Waals surface area contributed by atoms with Crippen molar-refractivity contribution in [3.05, 3.63) is 78.2 Å². The number of rotatable bonds is 6. The number of nitriles is 1. The largest absolute Gasteiger partial charge is 0.492 e. The van der Waals surface area contributed by atoms with Crippen LogP contribution in [-0.2, 0) is 11.2 Å². The zero-order valence-corrected chi connectivity index (χ0v) is 20.0. The third-order valence-electron chi connectivity index (χ3n) is 7.08. The van der Waals surface area contributed by atoms with Gasteiger partial charge in [0, 0.05) is 30.4 Å². The van der Waals surface area contributed by atoms with Crippen molar-refractivity contribution in [3.63, 3.8) is 0 Å². The summed E-state index contributed by atoms with van der Waals surface area (Å²) in [5, 5.41) is 13.9. The summed E-state index contributed by atoms with van der Waals surface area (Å²) in [5.41, 5.74) is 4.05. The number of pyridine rings is 2. The first-order valence-electron chi connectivity index (χ1n) is 12.3. The van der Waals surface area contributed by atoms with E-state index in [0.717, 1.165) is 47.5 Å². The van der Waals surface area contributed by atoms with Crippen LogP contribution in [0.25, 0.3) is 16.6 Å². The van der Waals surface area contributed by atoms with Gasteiger partial charge in [0.2, 0.25) is 5.91 Å². The van der Waals surface area contributed by atoms with Crippen LogP contribution in [0.2, 0.25) is 0 Å². The van der Waals surface area contributed by atoms with Gasteiger partial charge in [0.25, 0.3) is 0 Å². The molecule has 3 aliphatic heterocycles. The van der Waals surface area contributed by atoms with Gasteiger partial charge < -0.3 is 14.5 Å². The van der Waals surface area contributed by atoms with Crippen LogP contribution >= 0.6 is 0 Å². The monoisotopic (exact) mass is 478 g/mol.